The van der Waals surface area contributed by atoms with Crippen molar-refractivity contribution in [3.8, 4) is 5.75 Å². The zero-order valence-electron chi connectivity index (χ0n) is 10.0. The Labute approximate surface area is 110 Å². The minimum atomic E-state index is -4.79. The number of hydrogen-bond acceptors (Lipinski definition) is 5. The minimum Gasteiger partial charge on any atom is -0.507 e. The number of anilines is 1. The number of nitrogens with one attached hydrogen (secondary N) is 1. The predicted molar refractivity (Wildman–Crippen MR) is 60.1 cm³/mol. The molecule has 2 aromatic rings. The lowest BCUT2D eigenvalue weighted by Gasteiger charge is -2.04. The van der Waals surface area contributed by atoms with Gasteiger partial charge in [-0.05, 0) is 24.2 Å². The normalized spacial score (nSPS) is 11.4. The molecule has 1 aromatic heterocycles. The van der Waals surface area contributed by atoms with E-state index in [0.29, 0.717) is 5.56 Å². The topological polar surface area (TPSA) is 88.2 Å². The Morgan fingerprint density at radius 1 is 1.40 bits per heavy atom. The summed E-state index contributed by atoms with van der Waals surface area (Å²) in [5.74, 6) is -3.36. The van der Waals surface area contributed by atoms with Crippen LogP contribution in [0.15, 0.2) is 22.7 Å². The number of hydrogen-bond donors (Lipinski definition) is 2. The van der Waals surface area contributed by atoms with E-state index in [2.05, 4.69) is 14.7 Å². The van der Waals surface area contributed by atoms with Gasteiger partial charge in [0.25, 0.3) is 11.9 Å². The van der Waals surface area contributed by atoms with Crippen LogP contribution >= 0.6 is 0 Å². The van der Waals surface area contributed by atoms with Gasteiger partial charge < -0.3 is 9.63 Å². The van der Waals surface area contributed by atoms with Crippen LogP contribution in [0, 0.1) is 6.92 Å². The molecular weight excluding hydrogens is 279 g/mol. The number of alkyl halides is 3. The van der Waals surface area contributed by atoms with E-state index < -0.39 is 23.9 Å². The van der Waals surface area contributed by atoms with Gasteiger partial charge in [0, 0.05) is 0 Å². The van der Waals surface area contributed by atoms with Gasteiger partial charge in [-0.2, -0.15) is 18.2 Å². The first-order valence-electron chi connectivity index (χ1n) is 5.29. The molecule has 0 bridgehead atoms. The van der Waals surface area contributed by atoms with Gasteiger partial charge in [-0.15, -0.1) is 0 Å². The van der Waals surface area contributed by atoms with Crippen LogP contribution in [0.25, 0.3) is 0 Å². The lowest BCUT2D eigenvalue weighted by Crippen LogP contribution is -2.14. The van der Waals surface area contributed by atoms with Crippen LogP contribution in [0.3, 0.4) is 0 Å². The predicted octanol–water partition coefficient (Wildman–Crippen LogP) is 2.35. The highest BCUT2D eigenvalue weighted by molar-refractivity contribution is 6.05. The lowest BCUT2D eigenvalue weighted by molar-refractivity contribution is -0.159. The molecule has 9 heteroatoms. The summed E-state index contributed by atoms with van der Waals surface area (Å²) in [5, 5.41) is 14.5. The molecule has 2 rings (SSSR count). The second kappa shape index (κ2) is 4.83. The number of carbonyl (C=O) groups is 1. The molecule has 1 heterocycles. The monoisotopic (exact) mass is 287 g/mol. The average molecular weight is 287 g/mol. The fraction of sp³-hybridized carbons (Fsp3) is 0.182. The van der Waals surface area contributed by atoms with E-state index in [9.17, 15) is 23.1 Å². The van der Waals surface area contributed by atoms with Gasteiger partial charge in [0.15, 0.2) is 0 Å². The number of phenols is 1. The smallest absolute Gasteiger partial charge is 0.471 e. The molecule has 0 atom stereocenters. The van der Waals surface area contributed by atoms with Crippen LogP contribution in [-0.2, 0) is 6.18 Å². The molecule has 0 aliphatic heterocycles. The maximum Gasteiger partial charge on any atom is 0.471 e. The van der Waals surface area contributed by atoms with Crippen molar-refractivity contribution >= 4 is 11.9 Å². The van der Waals surface area contributed by atoms with E-state index in [0.717, 1.165) is 0 Å². The number of carbonyl (C=O) groups excluding carboxylic acids is 1. The zero-order valence-corrected chi connectivity index (χ0v) is 10.0. The van der Waals surface area contributed by atoms with Crippen LogP contribution in [0.1, 0.15) is 21.8 Å². The van der Waals surface area contributed by atoms with Gasteiger partial charge in [-0.1, -0.05) is 11.6 Å². The van der Waals surface area contributed by atoms with Crippen molar-refractivity contribution in [3.63, 3.8) is 0 Å². The second-order valence-electron chi connectivity index (χ2n) is 3.90. The fourth-order valence-corrected chi connectivity index (χ4v) is 1.39. The molecular formula is C11H8F3N3O3. The Balaban J connectivity index is 2.20. The maximum atomic E-state index is 12.2. The summed E-state index contributed by atoms with van der Waals surface area (Å²) in [6.07, 6.45) is -4.79. The molecule has 6 nitrogen and oxygen atoms in total. The maximum absolute atomic E-state index is 12.2. The van der Waals surface area contributed by atoms with E-state index in [1.807, 2.05) is 5.32 Å². The lowest BCUT2D eigenvalue weighted by atomic mass is 10.1. The quantitative estimate of drug-likeness (QED) is 0.885. The molecule has 20 heavy (non-hydrogen) atoms. The Bertz CT molecular complexity index is 652. The average Bonchev–Trinajstić information content (AvgIpc) is 2.80. The van der Waals surface area contributed by atoms with Crippen LogP contribution in [0.4, 0.5) is 19.1 Å². The fourth-order valence-electron chi connectivity index (χ4n) is 1.39. The van der Waals surface area contributed by atoms with Crippen LogP contribution in [0.2, 0.25) is 0 Å². The Kier molecular flexibility index (Phi) is 3.35. The second-order valence-corrected chi connectivity index (χ2v) is 3.90. The van der Waals surface area contributed by atoms with Gasteiger partial charge in [0.1, 0.15) is 5.75 Å². The van der Waals surface area contributed by atoms with E-state index in [1.54, 1.807) is 13.0 Å². The van der Waals surface area contributed by atoms with E-state index in [-0.39, 0.29) is 11.3 Å². The van der Waals surface area contributed by atoms with Crippen LogP contribution in [0.5, 0.6) is 5.75 Å². The van der Waals surface area contributed by atoms with Crippen molar-refractivity contribution in [2.45, 2.75) is 13.1 Å². The number of benzene rings is 1. The van der Waals surface area contributed by atoms with Crippen molar-refractivity contribution in [2.24, 2.45) is 0 Å². The van der Waals surface area contributed by atoms with Crippen LogP contribution < -0.4 is 5.32 Å². The third-order valence-electron chi connectivity index (χ3n) is 2.29. The number of aryl methyl sites for hydroxylation is 1. The zero-order chi connectivity index (χ0) is 14.9. The largest absolute Gasteiger partial charge is 0.507 e. The molecule has 106 valence electrons. The molecule has 0 unspecified atom stereocenters. The third kappa shape index (κ3) is 2.87. The van der Waals surface area contributed by atoms with E-state index in [4.69, 9.17) is 0 Å². The number of nitrogens with zero attached hydrogens (tertiary/aromatic N) is 2. The Morgan fingerprint density at radius 3 is 2.70 bits per heavy atom. The summed E-state index contributed by atoms with van der Waals surface area (Å²) in [7, 11) is 0. The number of amides is 1. The summed E-state index contributed by atoms with van der Waals surface area (Å²) in [6, 6.07) is 4.24. The Morgan fingerprint density at radius 2 is 2.10 bits per heavy atom. The van der Waals surface area contributed by atoms with Crippen molar-refractivity contribution < 1.29 is 27.6 Å². The highest BCUT2D eigenvalue weighted by Gasteiger charge is 2.38. The van der Waals surface area contributed by atoms with Gasteiger partial charge >= 0.3 is 12.1 Å². The minimum absolute atomic E-state index is 0.108. The van der Waals surface area contributed by atoms with E-state index in [1.165, 1.54) is 12.1 Å². The van der Waals surface area contributed by atoms with Crippen molar-refractivity contribution in [2.75, 3.05) is 5.32 Å². The summed E-state index contributed by atoms with van der Waals surface area (Å²) >= 11 is 0. The molecule has 1 aromatic carbocycles. The molecule has 0 fully saturated rings. The van der Waals surface area contributed by atoms with Gasteiger partial charge in [0.2, 0.25) is 0 Å². The standard InChI is InChI=1S/C11H8F3N3O3/c1-5-2-3-7(18)6(4-5)8(19)15-10-16-9(20-17-10)11(12,13)14/h2-4,18H,1H3,(H,15,17,19). The Hall–Kier alpha value is -2.58. The number of phenolic OH excluding ortho intramolecular Hbond substituents is 1. The molecule has 0 spiro atoms. The molecule has 1 amide bonds. The third-order valence-corrected chi connectivity index (χ3v) is 2.29. The van der Waals surface area contributed by atoms with Gasteiger partial charge in [0.05, 0.1) is 5.56 Å². The highest BCUT2D eigenvalue weighted by atomic mass is 19.4. The summed E-state index contributed by atoms with van der Waals surface area (Å²) in [5.41, 5.74) is 0.584. The molecule has 0 aliphatic carbocycles. The molecule has 0 saturated heterocycles. The summed E-state index contributed by atoms with van der Waals surface area (Å²) in [4.78, 5) is 14.8. The summed E-state index contributed by atoms with van der Waals surface area (Å²) < 4.78 is 40.6. The molecule has 0 radical (unpaired) electrons. The summed E-state index contributed by atoms with van der Waals surface area (Å²) in [6.45, 7) is 1.69. The van der Waals surface area contributed by atoms with Crippen molar-refractivity contribution in [1.82, 2.24) is 10.1 Å². The van der Waals surface area contributed by atoms with Gasteiger partial charge in [-0.25, -0.2) is 0 Å². The number of aromatic nitrogens is 2. The number of rotatable bonds is 2. The van der Waals surface area contributed by atoms with Crippen molar-refractivity contribution in [3.05, 3.63) is 35.2 Å². The molecule has 0 aliphatic rings. The first-order valence-corrected chi connectivity index (χ1v) is 5.29. The molecule has 0 saturated carbocycles. The molecule has 2 N–H and O–H groups in total. The highest BCUT2D eigenvalue weighted by Crippen LogP contribution is 2.28. The van der Waals surface area contributed by atoms with Gasteiger partial charge in [-0.3, -0.25) is 10.1 Å². The van der Waals surface area contributed by atoms with E-state index >= 15 is 0 Å². The number of aromatic hydroxyl groups is 1. The first-order chi connectivity index (χ1) is 9.27. The van der Waals surface area contributed by atoms with Crippen molar-refractivity contribution in [1.29, 1.82) is 0 Å². The number of halogens is 3. The first kappa shape index (κ1) is 13.8. The van der Waals surface area contributed by atoms with Crippen LogP contribution in [-0.4, -0.2) is 21.2 Å². The SMILES string of the molecule is Cc1ccc(O)c(C(=O)Nc2noc(C(F)(F)F)n2)c1.